The molecule has 0 N–H and O–H groups in total. The number of phosphoric acid groups is 1. The third-order valence-corrected chi connectivity index (χ3v) is 11.4. The highest BCUT2D eigenvalue weighted by atomic mass is 31.2. The number of unbranched alkanes of at least 4 members (excludes halogenated alkanes) is 18. The lowest BCUT2D eigenvalue weighted by Crippen LogP contribution is -2.37. The summed E-state index contributed by atoms with van der Waals surface area (Å²) in [6.07, 6.45) is 61.9. The van der Waals surface area contributed by atoms with E-state index in [1.165, 1.54) is 103 Å². The topological polar surface area (TPSA) is 94.1 Å². The van der Waals surface area contributed by atoms with E-state index in [-0.39, 0.29) is 26.2 Å². The minimum Gasteiger partial charge on any atom is -0.756 e. The van der Waals surface area contributed by atoms with E-state index in [0.717, 1.165) is 64.2 Å². The summed E-state index contributed by atoms with van der Waals surface area (Å²) in [5.41, 5.74) is 0. The van der Waals surface area contributed by atoms with Gasteiger partial charge in [0.05, 0.1) is 34.4 Å². The summed E-state index contributed by atoms with van der Waals surface area (Å²) in [5, 5.41) is 0. The Morgan fingerprint density at radius 3 is 1.32 bits per heavy atom. The molecule has 0 radical (unpaired) electrons. The van der Waals surface area contributed by atoms with Gasteiger partial charge in [-0.15, -0.1) is 0 Å². The maximum absolute atomic E-state index is 12.7. The van der Waals surface area contributed by atoms with Gasteiger partial charge in [-0.05, 0) is 64.2 Å². The first-order chi connectivity index (χ1) is 30.6. The molecule has 63 heavy (non-hydrogen) atoms. The van der Waals surface area contributed by atoms with Crippen molar-refractivity contribution >= 4 is 13.8 Å². The molecule has 0 aliphatic heterocycles. The zero-order chi connectivity index (χ0) is 46.2. The van der Waals surface area contributed by atoms with E-state index in [1.807, 2.05) is 21.1 Å². The summed E-state index contributed by atoms with van der Waals surface area (Å²) >= 11 is 0. The van der Waals surface area contributed by atoms with Crippen LogP contribution in [-0.4, -0.2) is 70.7 Å². The Hall–Kier alpha value is -2.32. The van der Waals surface area contributed by atoms with Crippen LogP contribution in [0.15, 0.2) is 85.1 Å². The number of ether oxygens (including phenoxy) is 2. The van der Waals surface area contributed by atoms with Gasteiger partial charge in [0.2, 0.25) is 0 Å². The van der Waals surface area contributed by atoms with Crippen molar-refractivity contribution in [1.29, 1.82) is 0 Å². The van der Waals surface area contributed by atoms with Crippen molar-refractivity contribution in [2.24, 2.45) is 0 Å². The van der Waals surface area contributed by atoms with E-state index in [4.69, 9.17) is 18.5 Å². The maximum Gasteiger partial charge on any atom is 0.306 e. The number of hydrogen-bond donors (Lipinski definition) is 0. The Labute approximate surface area is 388 Å². The van der Waals surface area contributed by atoms with Crippen molar-refractivity contribution in [3.8, 4) is 0 Å². The van der Waals surface area contributed by atoms with Crippen LogP contribution in [0.3, 0.4) is 0 Å². The average Bonchev–Trinajstić information content (AvgIpc) is 3.24. The summed E-state index contributed by atoms with van der Waals surface area (Å²) in [6, 6.07) is 0. The third kappa shape index (κ3) is 50.5. The Morgan fingerprint density at radius 2 is 0.905 bits per heavy atom. The molecule has 0 aromatic carbocycles. The van der Waals surface area contributed by atoms with Crippen molar-refractivity contribution in [2.45, 2.75) is 200 Å². The highest BCUT2D eigenvalue weighted by molar-refractivity contribution is 7.45. The van der Waals surface area contributed by atoms with Gasteiger partial charge in [-0.3, -0.25) is 9.36 Å². The minimum atomic E-state index is -4.55. The fourth-order valence-corrected chi connectivity index (χ4v) is 7.32. The summed E-state index contributed by atoms with van der Waals surface area (Å²) in [4.78, 5) is 25.1. The van der Waals surface area contributed by atoms with Gasteiger partial charge < -0.3 is 27.9 Å². The molecule has 2 unspecified atom stereocenters. The van der Waals surface area contributed by atoms with Gasteiger partial charge in [0, 0.05) is 13.0 Å². The number of nitrogens with zero attached hydrogens (tertiary/aromatic N) is 1. The number of carbonyl (C=O) groups is 1. The SMILES string of the molecule is CC/C=C\C/C=C\C/C=C\C/C=C\C/C=C\C/C=C\C/C=C\CCCC(=O)OC(COCCCCCCCCCCCCCCCCCCCC)COP(=O)([O-])OCC[N+](C)(C)C. The Bertz CT molecular complexity index is 1280. The fourth-order valence-electron chi connectivity index (χ4n) is 6.59. The van der Waals surface area contributed by atoms with Gasteiger partial charge >= 0.3 is 5.97 Å². The van der Waals surface area contributed by atoms with Crippen LogP contribution >= 0.6 is 7.82 Å². The first-order valence-electron chi connectivity index (χ1n) is 25.3. The van der Waals surface area contributed by atoms with Crippen molar-refractivity contribution in [1.82, 2.24) is 0 Å². The molecular formula is C54H96NO7P. The van der Waals surface area contributed by atoms with Crippen LogP contribution in [0, 0.1) is 0 Å². The number of phosphoric ester groups is 1. The monoisotopic (exact) mass is 902 g/mol. The van der Waals surface area contributed by atoms with Crippen LogP contribution in [0.25, 0.3) is 0 Å². The van der Waals surface area contributed by atoms with Crippen molar-refractivity contribution in [3.05, 3.63) is 85.1 Å². The number of rotatable bonds is 46. The van der Waals surface area contributed by atoms with E-state index in [1.54, 1.807) is 0 Å². The average molecular weight is 902 g/mol. The number of hydrogen-bond acceptors (Lipinski definition) is 7. The molecular weight excluding hydrogens is 806 g/mol. The summed E-state index contributed by atoms with van der Waals surface area (Å²) in [7, 11) is 1.31. The Kier molecular flexibility index (Phi) is 44.5. The summed E-state index contributed by atoms with van der Waals surface area (Å²) in [5.74, 6) is -0.391. The van der Waals surface area contributed by atoms with Gasteiger partial charge in [0.25, 0.3) is 7.82 Å². The first kappa shape index (κ1) is 60.7. The zero-order valence-electron chi connectivity index (χ0n) is 41.2. The normalized spacial score (nSPS) is 14.3. The highest BCUT2D eigenvalue weighted by Crippen LogP contribution is 2.38. The van der Waals surface area contributed by atoms with Crippen molar-refractivity contribution in [2.75, 3.05) is 54.1 Å². The van der Waals surface area contributed by atoms with Gasteiger partial charge in [-0.25, -0.2) is 0 Å². The summed E-state index contributed by atoms with van der Waals surface area (Å²) < 4.78 is 34.7. The van der Waals surface area contributed by atoms with Crippen LogP contribution in [-0.2, 0) is 27.9 Å². The lowest BCUT2D eigenvalue weighted by atomic mass is 10.0. The Morgan fingerprint density at radius 1 is 0.508 bits per heavy atom. The maximum atomic E-state index is 12.7. The molecule has 0 heterocycles. The van der Waals surface area contributed by atoms with Gasteiger partial charge in [0.1, 0.15) is 19.3 Å². The molecule has 2 atom stereocenters. The number of quaternary nitrogens is 1. The lowest BCUT2D eigenvalue weighted by Gasteiger charge is -2.28. The predicted molar refractivity (Wildman–Crippen MR) is 268 cm³/mol. The van der Waals surface area contributed by atoms with Gasteiger partial charge in [-0.2, -0.15) is 0 Å². The second kappa shape index (κ2) is 46.2. The number of esters is 1. The molecule has 0 saturated heterocycles. The quantitative estimate of drug-likeness (QED) is 0.0197. The number of allylic oxidation sites excluding steroid dienone is 14. The number of carbonyl (C=O) groups excluding carboxylic acids is 1. The fraction of sp³-hybridized carbons (Fsp3) is 0.722. The molecule has 8 nitrogen and oxygen atoms in total. The lowest BCUT2D eigenvalue weighted by molar-refractivity contribution is -0.870. The van der Waals surface area contributed by atoms with E-state index in [2.05, 4.69) is 98.9 Å². The molecule has 0 aromatic rings. The molecule has 0 saturated carbocycles. The first-order valence-corrected chi connectivity index (χ1v) is 26.8. The molecule has 0 fully saturated rings. The van der Waals surface area contributed by atoms with Crippen LogP contribution in [0.4, 0.5) is 0 Å². The molecule has 364 valence electrons. The summed E-state index contributed by atoms with van der Waals surface area (Å²) in [6.45, 7) is 5.23. The largest absolute Gasteiger partial charge is 0.756 e. The van der Waals surface area contributed by atoms with Crippen LogP contribution in [0.2, 0.25) is 0 Å². The van der Waals surface area contributed by atoms with Crippen LogP contribution < -0.4 is 4.89 Å². The minimum absolute atomic E-state index is 0.0121. The number of likely N-dealkylation sites (N-methyl/N-ethyl adjacent to an activating group) is 1. The molecule has 0 aromatic heterocycles. The van der Waals surface area contributed by atoms with E-state index >= 15 is 0 Å². The second-order valence-electron chi connectivity index (χ2n) is 17.8. The second-order valence-corrected chi connectivity index (χ2v) is 19.2. The van der Waals surface area contributed by atoms with Crippen LogP contribution in [0.5, 0.6) is 0 Å². The van der Waals surface area contributed by atoms with E-state index in [9.17, 15) is 14.3 Å². The highest BCUT2D eigenvalue weighted by Gasteiger charge is 2.20. The molecule has 0 aliphatic carbocycles. The van der Waals surface area contributed by atoms with Crippen LogP contribution in [0.1, 0.15) is 194 Å². The molecule has 0 spiro atoms. The van der Waals surface area contributed by atoms with Gasteiger partial charge in [0.15, 0.2) is 0 Å². The predicted octanol–water partition coefficient (Wildman–Crippen LogP) is 15.0. The molecule has 0 bridgehead atoms. The van der Waals surface area contributed by atoms with Crippen molar-refractivity contribution in [3.63, 3.8) is 0 Å². The van der Waals surface area contributed by atoms with Gasteiger partial charge in [-0.1, -0.05) is 208 Å². The molecule has 0 rings (SSSR count). The zero-order valence-corrected chi connectivity index (χ0v) is 42.1. The smallest absolute Gasteiger partial charge is 0.306 e. The van der Waals surface area contributed by atoms with E-state index < -0.39 is 19.9 Å². The standard InChI is InChI=1S/C54H96NO7P/c1-6-8-10-12-14-16-18-20-22-24-26-27-28-29-30-31-33-35-37-39-41-43-45-47-54(56)62-53(52-61-63(57,58)60-50-48-55(3,4)5)51-59-49-46-44-42-40-38-36-34-32-25-23-21-19-17-15-13-11-9-7-2/h8,10,14,16,20,22,26-27,29-30,33,35,39,41,53H,6-7,9,11-13,15,17-19,21,23-25,28,31-32,34,36-38,40,42-52H2,1-5H3/b10-8-,16-14-,22-20-,27-26-,30-29-,35-33-,41-39-. The van der Waals surface area contributed by atoms with Crippen molar-refractivity contribution < 1.29 is 37.3 Å². The van der Waals surface area contributed by atoms with E-state index in [0.29, 0.717) is 24.1 Å². The Balaban J connectivity index is 4.28. The third-order valence-electron chi connectivity index (χ3n) is 10.5. The molecule has 0 aliphatic rings. The molecule has 9 heteroatoms. The molecule has 0 amide bonds.